The topological polar surface area (TPSA) is 139 Å². The van der Waals surface area contributed by atoms with E-state index in [0.29, 0.717) is 5.75 Å². The number of esters is 1. The van der Waals surface area contributed by atoms with Gasteiger partial charge in [-0.2, -0.15) is 12.7 Å². The van der Waals surface area contributed by atoms with Gasteiger partial charge in [0, 0.05) is 6.92 Å². The van der Waals surface area contributed by atoms with Crippen LogP contribution in [0.5, 0.6) is 5.75 Å². The van der Waals surface area contributed by atoms with Gasteiger partial charge in [0.05, 0.1) is 0 Å². The molecule has 130 valence electrons. The molecule has 1 aromatic rings. The summed E-state index contributed by atoms with van der Waals surface area (Å²) in [6.45, 7) is 0.550. The summed E-state index contributed by atoms with van der Waals surface area (Å²) in [6, 6.07) is 6.95. The lowest BCUT2D eigenvalue weighted by Crippen LogP contribution is -2.73. The molecule has 2 rings (SSSR count). The van der Waals surface area contributed by atoms with Crippen molar-refractivity contribution in [3.8, 4) is 5.75 Å². The van der Waals surface area contributed by atoms with E-state index in [1.54, 1.807) is 30.3 Å². The van der Waals surface area contributed by atoms with Gasteiger partial charge in [-0.15, -0.1) is 0 Å². The number of amides is 2. The Morgan fingerprint density at radius 3 is 2.46 bits per heavy atom. The van der Waals surface area contributed by atoms with Crippen molar-refractivity contribution in [3.05, 3.63) is 30.3 Å². The van der Waals surface area contributed by atoms with E-state index in [1.807, 2.05) is 0 Å². The monoisotopic (exact) mass is 358 g/mol. The molecule has 0 aliphatic carbocycles. The summed E-state index contributed by atoms with van der Waals surface area (Å²) < 4.78 is 40.9. The molecule has 0 saturated carbocycles. The van der Waals surface area contributed by atoms with E-state index in [1.165, 1.54) is 0 Å². The quantitative estimate of drug-likeness (QED) is 0.378. The fraction of sp³-hybridized carbons (Fsp3) is 0.308. The van der Waals surface area contributed by atoms with E-state index in [9.17, 15) is 22.8 Å². The molecule has 0 aromatic heterocycles. The van der Waals surface area contributed by atoms with Crippen molar-refractivity contribution in [1.29, 1.82) is 0 Å². The standard InChI is InChI=1S/C13H14N2O8S/c1-8(16)23-13-11(12(18)15(13)24(19,20)21)14-10(17)7-22-9-5-3-2-4-6-9/h2-6,11,13H,7H2,1H3,(H,14,17)(H,19,20,21)/t11-,13?/m1/s1. The summed E-state index contributed by atoms with van der Waals surface area (Å²) >= 11 is 0. The summed E-state index contributed by atoms with van der Waals surface area (Å²) in [7, 11) is -4.91. The highest BCUT2D eigenvalue weighted by Gasteiger charge is 2.56. The number of hydrogen-bond donors (Lipinski definition) is 2. The van der Waals surface area contributed by atoms with E-state index in [0.717, 1.165) is 6.92 Å². The number of nitrogens with one attached hydrogen (secondary N) is 1. The zero-order valence-electron chi connectivity index (χ0n) is 12.4. The van der Waals surface area contributed by atoms with Crippen LogP contribution in [0.25, 0.3) is 0 Å². The number of hydrogen-bond acceptors (Lipinski definition) is 7. The maximum absolute atomic E-state index is 11.8. The number of carbonyl (C=O) groups excluding carboxylic acids is 3. The van der Waals surface area contributed by atoms with Crippen LogP contribution in [0.4, 0.5) is 0 Å². The van der Waals surface area contributed by atoms with Crippen molar-refractivity contribution >= 4 is 28.1 Å². The number of carbonyl (C=O) groups is 3. The van der Waals surface area contributed by atoms with E-state index in [-0.39, 0.29) is 4.31 Å². The van der Waals surface area contributed by atoms with Gasteiger partial charge in [0.2, 0.25) is 6.23 Å². The van der Waals surface area contributed by atoms with Gasteiger partial charge in [-0.1, -0.05) is 18.2 Å². The van der Waals surface area contributed by atoms with Crippen LogP contribution in [-0.2, 0) is 29.4 Å². The Morgan fingerprint density at radius 1 is 1.29 bits per heavy atom. The lowest BCUT2D eigenvalue weighted by atomic mass is 10.1. The van der Waals surface area contributed by atoms with Crippen molar-refractivity contribution in [2.24, 2.45) is 0 Å². The fourth-order valence-corrected chi connectivity index (χ4v) is 2.75. The minimum Gasteiger partial charge on any atom is -0.484 e. The van der Waals surface area contributed by atoms with Crippen molar-refractivity contribution in [2.45, 2.75) is 19.2 Å². The van der Waals surface area contributed by atoms with Gasteiger partial charge in [-0.05, 0) is 12.1 Å². The van der Waals surface area contributed by atoms with Crippen molar-refractivity contribution in [1.82, 2.24) is 9.62 Å². The molecule has 0 spiro atoms. The van der Waals surface area contributed by atoms with E-state index >= 15 is 0 Å². The summed E-state index contributed by atoms with van der Waals surface area (Å²) in [6.07, 6.45) is -1.65. The predicted octanol–water partition coefficient (Wildman–Crippen LogP) is -0.916. The first-order valence-electron chi connectivity index (χ1n) is 6.65. The number of rotatable bonds is 6. The summed E-state index contributed by atoms with van der Waals surface area (Å²) in [5.74, 6) is -2.33. The second-order valence-electron chi connectivity index (χ2n) is 4.76. The molecule has 24 heavy (non-hydrogen) atoms. The molecular weight excluding hydrogens is 344 g/mol. The number of benzene rings is 1. The Balaban J connectivity index is 1.98. The number of ether oxygens (including phenoxy) is 2. The Hall–Kier alpha value is -2.66. The molecular formula is C13H14N2O8S. The van der Waals surface area contributed by atoms with Gasteiger partial charge in [-0.25, -0.2) is 0 Å². The van der Waals surface area contributed by atoms with Crippen LogP contribution in [-0.4, -0.2) is 53.9 Å². The van der Waals surface area contributed by atoms with Gasteiger partial charge >= 0.3 is 16.3 Å². The zero-order valence-corrected chi connectivity index (χ0v) is 13.2. The second kappa shape index (κ2) is 6.84. The van der Waals surface area contributed by atoms with Crippen molar-refractivity contribution in [2.75, 3.05) is 6.61 Å². The summed E-state index contributed by atoms with van der Waals surface area (Å²) in [5.41, 5.74) is 0. The average Bonchev–Trinajstić information content (AvgIpc) is 2.49. The lowest BCUT2D eigenvalue weighted by Gasteiger charge is -2.42. The lowest BCUT2D eigenvalue weighted by molar-refractivity contribution is -0.178. The molecule has 0 radical (unpaired) electrons. The Kier molecular flexibility index (Phi) is 5.04. The SMILES string of the molecule is CC(=O)OC1[C@H](NC(=O)COc2ccccc2)C(=O)N1S(=O)(=O)O. The Morgan fingerprint density at radius 2 is 1.92 bits per heavy atom. The fourth-order valence-electron chi connectivity index (χ4n) is 1.98. The van der Waals surface area contributed by atoms with Gasteiger partial charge in [0.15, 0.2) is 12.6 Å². The molecule has 1 aliphatic heterocycles. The molecule has 10 nitrogen and oxygen atoms in total. The highest BCUT2D eigenvalue weighted by Crippen LogP contribution is 2.24. The first-order chi connectivity index (χ1) is 11.2. The minimum absolute atomic E-state index is 0.0304. The number of β-lactam (4-membered cyclic amide) rings is 1. The van der Waals surface area contributed by atoms with Gasteiger partial charge in [0.1, 0.15) is 5.75 Å². The van der Waals surface area contributed by atoms with Crippen molar-refractivity contribution in [3.63, 3.8) is 0 Å². The third-order valence-corrected chi connectivity index (χ3v) is 3.85. The molecule has 1 fully saturated rings. The molecule has 1 unspecified atom stereocenters. The molecule has 0 bridgehead atoms. The van der Waals surface area contributed by atoms with Gasteiger partial charge in [-0.3, -0.25) is 18.9 Å². The largest absolute Gasteiger partial charge is 0.484 e. The van der Waals surface area contributed by atoms with E-state index < -0.39 is 47.0 Å². The molecule has 2 N–H and O–H groups in total. The molecule has 1 heterocycles. The number of nitrogens with zero attached hydrogens (tertiary/aromatic N) is 1. The van der Waals surface area contributed by atoms with Gasteiger partial charge < -0.3 is 14.8 Å². The smallest absolute Gasteiger partial charge is 0.365 e. The molecule has 2 amide bonds. The average molecular weight is 358 g/mol. The molecule has 1 saturated heterocycles. The molecule has 1 aliphatic rings. The first kappa shape index (κ1) is 17.7. The molecule has 11 heteroatoms. The maximum atomic E-state index is 11.8. The van der Waals surface area contributed by atoms with E-state index in [4.69, 9.17) is 9.29 Å². The third kappa shape index (κ3) is 4.00. The minimum atomic E-state index is -4.91. The van der Waals surface area contributed by atoms with Crippen LogP contribution in [0, 0.1) is 0 Å². The van der Waals surface area contributed by atoms with Crippen LogP contribution in [0.3, 0.4) is 0 Å². The highest BCUT2D eigenvalue weighted by molar-refractivity contribution is 7.84. The summed E-state index contributed by atoms with van der Waals surface area (Å²) in [4.78, 5) is 34.5. The molecule has 2 atom stereocenters. The normalized spacial score (nSPS) is 20.1. The van der Waals surface area contributed by atoms with Crippen LogP contribution in [0.2, 0.25) is 0 Å². The first-order valence-corrected chi connectivity index (χ1v) is 8.05. The van der Waals surface area contributed by atoms with Gasteiger partial charge in [0.25, 0.3) is 11.8 Å². The van der Waals surface area contributed by atoms with E-state index in [2.05, 4.69) is 10.1 Å². The Bertz CT molecular complexity index is 748. The van der Waals surface area contributed by atoms with Crippen LogP contribution in [0.1, 0.15) is 6.92 Å². The van der Waals surface area contributed by atoms with Crippen molar-refractivity contribution < 1.29 is 36.8 Å². The van der Waals surface area contributed by atoms with Crippen LogP contribution < -0.4 is 10.1 Å². The number of para-hydroxylation sites is 1. The predicted molar refractivity (Wildman–Crippen MR) is 77.8 cm³/mol. The zero-order chi connectivity index (χ0) is 17.9. The maximum Gasteiger partial charge on any atom is 0.365 e. The highest BCUT2D eigenvalue weighted by atomic mass is 32.2. The molecule has 1 aromatic carbocycles. The summed E-state index contributed by atoms with van der Waals surface area (Å²) in [5, 5.41) is 2.19. The Labute approximate surface area is 137 Å². The third-order valence-electron chi connectivity index (χ3n) is 2.96. The van der Waals surface area contributed by atoms with Crippen LogP contribution in [0.15, 0.2) is 30.3 Å². The second-order valence-corrected chi connectivity index (χ2v) is 6.05. The van der Waals surface area contributed by atoms with Crippen LogP contribution >= 0.6 is 0 Å².